The molecule has 0 spiro atoms. The van der Waals surface area contributed by atoms with E-state index < -0.39 is 19.9 Å². The lowest BCUT2D eigenvalue weighted by Gasteiger charge is -2.14. The topological polar surface area (TPSA) is 105 Å². The summed E-state index contributed by atoms with van der Waals surface area (Å²) in [5.74, 6) is 0. The second kappa shape index (κ2) is 6.22. The van der Waals surface area contributed by atoms with Gasteiger partial charge in [0.2, 0.25) is 10.0 Å². The lowest BCUT2D eigenvalue weighted by Crippen LogP contribution is -2.29. The molecule has 116 valence electrons. The Hall–Kier alpha value is -1.29. The minimum atomic E-state index is -3.69. The number of aromatic nitrogens is 1. The van der Waals surface area contributed by atoms with E-state index in [2.05, 4.69) is 15.0 Å². The zero-order chi connectivity index (χ0) is 15.5. The number of sulfonamides is 1. The quantitative estimate of drug-likeness (QED) is 0.717. The number of pyridine rings is 1. The standard InChI is InChI=1S/C12H17N3O4S2/c1-20(16,17)12-3-2-11(9-14-12)21(18,19)15-8-10-4-6-13-7-5-10/h2-4,9,13,15H,5-8H2,1H3. The second-order valence-electron chi connectivity index (χ2n) is 4.75. The predicted octanol–water partition coefficient (Wildman–Crippen LogP) is -0.317. The maximum absolute atomic E-state index is 12.1. The lowest BCUT2D eigenvalue weighted by atomic mass is 10.1. The van der Waals surface area contributed by atoms with E-state index in [0.29, 0.717) is 0 Å². The molecule has 0 saturated heterocycles. The van der Waals surface area contributed by atoms with E-state index in [4.69, 9.17) is 0 Å². The molecule has 2 heterocycles. The maximum Gasteiger partial charge on any atom is 0.242 e. The Kier molecular flexibility index (Phi) is 4.77. The van der Waals surface area contributed by atoms with Gasteiger partial charge in [-0.25, -0.2) is 26.5 Å². The number of nitrogens with zero attached hydrogens (tertiary/aromatic N) is 1. The van der Waals surface area contributed by atoms with Crippen LogP contribution in [0.1, 0.15) is 6.42 Å². The molecule has 1 aliphatic heterocycles. The number of rotatable bonds is 5. The Labute approximate surface area is 124 Å². The zero-order valence-electron chi connectivity index (χ0n) is 11.5. The summed E-state index contributed by atoms with van der Waals surface area (Å²) < 4.78 is 49.2. The van der Waals surface area contributed by atoms with Crippen LogP contribution in [-0.4, -0.2) is 47.7 Å². The summed E-state index contributed by atoms with van der Waals surface area (Å²) in [5.41, 5.74) is 1.03. The molecule has 9 heteroatoms. The van der Waals surface area contributed by atoms with Crippen LogP contribution in [0.3, 0.4) is 0 Å². The van der Waals surface area contributed by atoms with Crippen molar-refractivity contribution in [2.75, 3.05) is 25.9 Å². The number of hydrogen-bond acceptors (Lipinski definition) is 6. The average molecular weight is 331 g/mol. The van der Waals surface area contributed by atoms with Crippen LogP contribution in [0.25, 0.3) is 0 Å². The molecule has 0 atom stereocenters. The van der Waals surface area contributed by atoms with E-state index in [1.165, 1.54) is 12.1 Å². The van der Waals surface area contributed by atoms with Crippen LogP contribution >= 0.6 is 0 Å². The van der Waals surface area contributed by atoms with Crippen LogP contribution < -0.4 is 10.0 Å². The van der Waals surface area contributed by atoms with Crippen LogP contribution in [0.15, 0.2) is 39.9 Å². The van der Waals surface area contributed by atoms with Crippen LogP contribution in [0.4, 0.5) is 0 Å². The lowest BCUT2D eigenvalue weighted by molar-refractivity contribution is 0.580. The number of sulfone groups is 1. The monoisotopic (exact) mass is 331 g/mol. The van der Waals surface area contributed by atoms with Crippen LogP contribution in [0.5, 0.6) is 0 Å². The van der Waals surface area contributed by atoms with Gasteiger partial charge in [-0.3, -0.25) is 0 Å². The molecule has 0 fully saturated rings. The van der Waals surface area contributed by atoms with E-state index in [1.54, 1.807) is 0 Å². The number of hydrogen-bond donors (Lipinski definition) is 2. The molecule has 0 aromatic carbocycles. The SMILES string of the molecule is CS(=O)(=O)c1ccc(S(=O)(=O)NCC2=CCNCC2)cn1. The van der Waals surface area contributed by atoms with Gasteiger partial charge < -0.3 is 5.32 Å². The molecule has 1 aromatic heterocycles. The van der Waals surface area contributed by atoms with Gasteiger partial charge >= 0.3 is 0 Å². The second-order valence-corrected chi connectivity index (χ2v) is 8.47. The molecule has 7 nitrogen and oxygen atoms in total. The number of nitrogens with one attached hydrogen (secondary N) is 2. The van der Waals surface area contributed by atoms with Gasteiger partial charge in [-0.15, -0.1) is 0 Å². The van der Waals surface area contributed by atoms with E-state index in [9.17, 15) is 16.8 Å². The smallest absolute Gasteiger partial charge is 0.242 e. The molecule has 1 aliphatic rings. The average Bonchev–Trinajstić information content (AvgIpc) is 2.46. The van der Waals surface area contributed by atoms with Gasteiger partial charge in [-0.05, 0) is 25.1 Å². The van der Waals surface area contributed by atoms with Crippen molar-refractivity contribution in [1.29, 1.82) is 0 Å². The molecule has 2 N–H and O–H groups in total. The van der Waals surface area contributed by atoms with E-state index >= 15 is 0 Å². The predicted molar refractivity (Wildman–Crippen MR) is 78.1 cm³/mol. The van der Waals surface area contributed by atoms with Crippen LogP contribution in [-0.2, 0) is 19.9 Å². The van der Waals surface area contributed by atoms with E-state index in [1.807, 2.05) is 6.08 Å². The minimum absolute atomic E-state index is 0.0514. The van der Waals surface area contributed by atoms with Gasteiger partial charge in [0.05, 0.1) is 0 Å². The van der Waals surface area contributed by atoms with Gasteiger partial charge in [-0.2, -0.15) is 0 Å². The first-order chi connectivity index (χ1) is 9.79. The third kappa shape index (κ3) is 4.34. The van der Waals surface area contributed by atoms with Crippen molar-refractivity contribution in [3.63, 3.8) is 0 Å². The first kappa shape index (κ1) is 16.1. The van der Waals surface area contributed by atoms with Gasteiger partial charge in [-0.1, -0.05) is 11.6 Å². The molecule has 0 aliphatic carbocycles. The molecule has 0 bridgehead atoms. The summed E-state index contributed by atoms with van der Waals surface area (Å²) in [6, 6.07) is 2.43. The minimum Gasteiger partial charge on any atom is -0.313 e. The van der Waals surface area contributed by atoms with Crippen LogP contribution in [0, 0.1) is 0 Å². The molecular formula is C12H17N3O4S2. The summed E-state index contributed by atoms with van der Waals surface area (Å²) in [4.78, 5) is 3.63. The highest BCUT2D eigenvalue weighted by atomic mass is 32.2. The first-order valence-corrected chi connectivity index (χ1v) is 9.71. The van der Waals surface area contributed by atoms with Crippen molar-refractivity contribution >= 4 is 19.9 Å². The summed E-state index contributed by atoms with van der Waals surface area (Å²) in [6.07, 6.45) is 4.83. The summed E-state index contributed by atoms with van der Waals surface area (Å²) in [7, 11) is -7.13. The third-order valence-corrected chi connectivity index (χ3v) is 5.43. The van der Waals surface area contributed by atoms with Crippen molar-refractivity contribution in [3.8, 4) is 0 Å². The highest BCUT2D eigenvalue weighted by Gasteiger charge is 2.17. The van der Waals surface area contributed by atoms with Gasteiger partial charge in [0.1, 0.15) is 4.90 Å². The van der Waals surface area contributed by atoms with Crippen LogP contribution in [0.2, 0.25) is 0 Å². The molecule has 0 saturated carbocycles. The van der Waals surface area contributed by atoms with Crippen molar-refractivity contribution in [2.45, 2.75) is 16.3 Å². The highest BCUT2D eigenvalue weighted by Crippen LogP contribution is 2.12. The zero-order valence-corrected chi connectivity index (χ0v) is 13.2. The third-order valence-electron chi connectivity index (χ3n) is 3.05. The van der Waals surface area contributed by atoms with E-state index in [-0.39, 0.29) is 16.5 Å². The Balaban J connectivity index is 2.10. The summed E-state index contributed by atoms with van der Waals surface area (Å²) in [6.45, 7) is 1.82. The fourth-order valence-electron chi connectivity index (χ4n) is 1.85. The highest BCUT2D eigenvalue weighted by molar-refractivity contribution is 7.90. The Bertz CT molecular complexity index is 737. The Morgan fingerprint density at radius 3 is 2.57 bits per heavy atom. The molecule has 21 heavy (non-hydrogen) atoms. The van der Waals surface area contributed by atoms with Crippen molar-refractivity contribution in [1.82, 2.24) is 15.0 Å². The fraction of sp³-hybridized carbons (Fsp3) is 0.417. The Morgan fingerprint density at radius 1 is 1.29 bits per heavy atom. The first-order valence-electron chi connectivity index (χ1n) is 6.33. The molecule has 1 aromatic rings. The van der Waals surface area contributed by atoms with Gasteiger partial charge in [0.25, 0.3) is 0 Å². The van der Waals surface area contributed by atoms with E-state index in [0.717, 1.165) is 37.5 Å². The normalized spacial score (nSPS) is 16.5. The summed E-state index contributed by atoms with van der Waals surface area (Å²) in [5, 5.41) is 2.99. The van der Waals surface area contributed by atoms with Crippen molar-refractivity contribution < 1.29 is 16.8 Å². The molecule has 2 rings (SSSR count). The molecule has 0 unspecified atom stereocenters. The molecular weight excluding hydrogens is 314 g/mol. The van der Waals surface area contributed by atoms with Gasteiger partial charge in [0, 0.05) is 25.5 Å². The largest absolute Gasteiger partial charge is 0.313 e. The maximum atomic E-state index is 12.1. The molecule has 0 amide bonds. The fourth-order valence-corrected chi connectivity index (χ4v) is 3.39. The molecule has 0 radical (unpaired) electrons. The van der Waals surface area contributed by atoms with Crippen molar-refractivity contribution in [2.24, 2.45) is 0 Å². The van der Waals surface area contributed by atoms with Crippen molar-refractivity contribution in [3.05, 3.63) is 30.0 Å². The Morgan fingerprint density at radius 2 is 2.05 bits per heavy atom. The summed E-state index contributed by atoms with van der Waals surface area (Å²) >= 11 is 0. The van der Waals surface area contributed by atoms with Gasteiger partial charge in [0.15, 0.2) is 14.9 Å².